The molecule has 1 aromatic rings. The Labute approximate surface area is 147 Å². The molecular formula is C15H22Cl2N2O3S. The van der Waals surface area contributed by atoms with Gasteiger partial charge in [0.15, 0.2) is 0 Å². The van der Waals surface area contributed by atoms with Crippen molar-refractivity contribution >= 4 is 39.1 Å². The second-order valence-electron chi connectivity index (χ2n) is 5.70. The van der Waals surface area contributed by atoms with Crippen LogP contribution in [0.4, 0.5) is 0 Å². The van der Waals surface area contributed by atoms with E-state index in [1.807, 2.05) is 6.92 Å². The fourth-order valence-corrected chi connectivity index (χ4v) is 4.21. The lowest BCUT2D eigenvalue weighted by atomic mass is 10.2. The third kappa shape index (κ3) is 5.64. The minimum absolute atomic E-state index is 0.0210. The summed E-state index contributed by atoms with van der Waals surface area (Å²) in [5.74, 6) is -0.445. The molecule has 0 saturated carbocycles. The summed E-state index contributed by atoms with van der Waals surface area (Å²) in [4.78, 5) is 12.0. The first-order chi connectivity index (χ1) is 10.6. The molecule has 5 nitrogen and oxygen atoms in total. The molecule has 0 unspecified atom stereocenters. The Morgan fingerprint density at radius 1 is 1.17 bits per heavy atom. The fraction of sp³-hybridized carbons (Fsp3) is 0.533. The Morgan fingerprint density at radius 2 is 1.78 bits per heavy atom. The Balaban J connectivity index is 3.24. The first-order valence-electron chi connectivity index (χ1n) is 7.40. The monoisotopic (exact) mass is 380 g/mol. The van der Waals surface area contributed by atoms with Crippen molar-refractivity contribution in [2.45, 2.75) is 57.5 Å². The first kappa shape index (κ1) is 20.2. The van der Waals surface area contributed by atoms with Crippen molar-refractivity contribution in [3.63, 3.8) is 0 Å². The number of hydrogen-bond acceptors (Lipinski definition) is 3. The molecule has 1 aromatic carbocycles. The Morgan fingerprint density at radius 3 is 2.30 bits per heavy atom. The zero-order chi connectivity index (χ0) is 17.8. The van der Waals surface area contributed by atoms with Crippen LogP contribution in [-0.4, -0.2) is 26.4 Å². The molecule has 23 heavy (non-hydrogen) atoms. The third-order valence-electron chi connectivity index (χ3n) is 3.05. The van der Waals surface area contributed by atoms with Gasteiger partial charge >= 0.3 is 0 Å². The van der Waals surface area contributed by atoms with Crippen molar-refractivity contribution in [3.8, 4) is 0 Å². The van der Waals surface area contributed by atoms with Gasteiger partial charge in [-0.15, -0.1) is 0 Å². The number of rotatable bonds is 7. The number of carbonyl (C=O) groups is 1. The lowest BCUT2D eigenvalue weighted by Crippen LogP contribution is -2.33. The maximum atomic E-state index is 12.5. The average Bonchev–Trinajstić information content (AvgIpc) is 2.36. The minimum Gasteiger partial charge on any atom is -0.350 e. The topological polar surface area (TPSA) is 75.3 Å². The van der Waals surface area contributed by atoms with E-state index in [1.54, 1.807) is 20.8 Å². The molecule has 1 amide bonds. The van der Waals surface area contributed by atoms with Crippen LogP contribution in [0.15, 0.2) is 17.0 Å². The van der Waals surface area contributed by atoms with Crippen LogP contribution in [-0.2, 0) is 10.0 Å². The van der Waals surface area contributed by atoms with Gasteiger partial charge in [-0.1, -0.05) is 36.5 Å². The van der Waals surface area contributed by atoms with E-state index in [4.69, 9.17) is 23.2 Å². The van der Waals surface area contributed by atoms with Crippen molar-refractivity contribution in [2.75, 3.05) is 0 Å². The lowest BCUT2D eigenvalue weighted by molar-refractivity contribution is 0.0943. The SMILES string of the molecule is CCC[C@@H](C)NS(=O)(=O)c1cc(C(=O)NC(C)C)c(Cl)cc1Cl. The van der Waals surface area contributed by atoms with Crippen LogP contribution >= 0.6 is 23.2 Å². The molecule has 0 bridgehead atoms. The van der Waals surface area contributed by atoms with Gasteiger partial charge in [0.2, 0.25) is 10.0 Å². The van der Waals surface area contributed by atoms with Crippen LogP contribution in [0.25, 0.3) is 0 Å². The van der Waals surface area contributed by atoms with E-state index in [9.17, 15) is 13.2 Å². The van der Waals surface area contributed by atoms with Gasteiger partial charge in [0, 0.05) is 12.1 Å². The highest BCUT2D eigenvalue weighted by atomic mass is 35.5. The summed E-state index contributed by atoms with van der Waals surface area (Å²) in [6.07, 6.45) is 1.55. The largest absolute Gasteiger partial charge is 0.350 e. The van der Waals surface area contributed by atoms with Crippen molar-refractivity contribution < 1.29 is 13.2 Å². The highest BCUT2D eigenvalue weighted by molar-refractivity contribution is 7.89. The predicted molar refractivity (Wildman–Crippen MR) is 93.8 cm³/mol. The first-order valence-corrected chi connectivity index (χ1v) is 9.64. The van der Waals surface area contributed by atoms with Gasteiger partial charge < -0.3 is 5.32 Å². The molecule has 0 aliphatic heterocycles. The zero-order valence-corrected chi connectivity index (χ0v) is 15.9. The van der Waals surface area contributed by atoms with Crippen molar-refractivity contribution in [1.29, 1.82) is 0 Å². The summed E-state index contributed by atoms with van der Waals surface area (Å²) in [5, 5.41) is 2.76. The summed E-state index contributed by atoms with van der Waals surface area (Å²) in [6.45, 7) is 7.34. The van der Waals surface area contributed by atoms with Gasteiger partial charge in [0.05, 0.1) is 15.6 Å². The van der Waals surface area contributed by atoms with Crippen LogP contribution in [0.5, 0.6) is 0 Å². The number of nitrogens with one attached hydrogen (secondary N) is 2. The lowest BCUT2D eigenvalue weighted by Gasteiger charge is -2.16. The van der Waals surface area contributed by atoms with Crippen LogP contribution < -0.4 is 10.0 Å². The molecule has 1 rings (SSSR count). The van der Waals surface area contributed by atoms with Gasteiger partial charge in [0.25, 0.3) is 5.91 Å². The normalized spacial score (nSPS) is 13.2. The molecule has 0 radical (unpaired) electrons. The van der Waals surface area contributed by atoms with E-state index in [0.29, 0.717) is 6.42 Å². The molecule has 2 N–H and O–H groups in total. The minimum atomic E-state index is -3.83. The van der Waals surface area contributed by atoms with E-state index in [1.165, 1.54) is 12.1 Å². The molecule has 0 heterocycles. The number of sulfonamides is 1. The molecule has 130 valence electrons. The Hall–Kier alpha value is -0.820. The highest BCUT2D eigenvalue weighted by Crippen LogP contribution is 2.29. The molecule has 0 aliphatic carbocycles. The molecule has 0 fully saturated rings. The van der Waals surface area contributed by atoms with Crippen molar-refractivity contribution in [3.05, 3.63) is 27.7 Å². The van der Waals surface area contributed by atoms with Gasteiger partial charge in [-0.2, -0.15) is 0 Å². The van der Waals surface area contributed by atoms with Crippen molar-refractivity contribution in [2.24, 2.45) is 0 Å². The second kappa shape index (κ2) is 8.33. The maximum Gasteiger partial charge on any atom is 0.253 e. The van der Waals surface area contributed by atoms with Gasteiger partial charge in [-0.25, -0.2) is 13.1 Å². The zero-order valence-electron chi connectivity index (χ0n) is 13.6. The maximum absolute atomic E-state index is 12.5. The van der Waals surface area contributed by atoms with Crippen LogP contribution in [0.2, 0.25) is 10.0 Å². The molecule has 0 spiro atoms. The molecule has 0 saturated heterocycles. The molecule has 0 aliphatic rings. The predicted octanol–water partition coefficient (Wildman–Crippen LogP) is 3.60. The standard InChI is InChI=1S/C15H22Cl2N2O3S/c1-5-6-10(4)19-23(21,22)14-7-11(12(16)8-13(14)17)15(20)18-9(2)3/h7-10,19H,5-6H2,1-4H3,(H,18,20)/t10-/m1/s1. The summed E-state index contributed by atoms with van der Waals surface area (Å²) in [7, 11) is -3.83. The third-order valence-corrected chi connectivity index (χ3v) is 5.42. The smallest absolute Gasteiger partial charge is 0.253 e. The van der Waals surface area contributed by atoms with E-state index in [0.717, 1.165) is 6.42 Å². The number of carbonyl (C=O) groups excluding carboxylic acids is 1. The Kier molecular flexibility index (Phi) is 7.32. The van der Waals surface area contributed by atoms with Crippen LogP contribution in [0, 0.1) is 0 Å². The molecular weight excluding hydrogens is 359 g/mol. The quantitative estimate of drug-likeness (QED) is 0.758. The van der Waals surface area contributed by atoms with Crippen LogP contribution in [0.3, 0.4) is 0 Å². The summed E-state index contributed by atoms with van der Waals surface area (Å²) >= 11 is 12.0. The van der Waals surface area contributed by atoms with Gasteiger partial charge in [-0.05, 0) is 39.3 Å². The fourth-order valence-electron chi connectivity index (χ4n) is 2.07. The van der Waals surface area contributed by atoms with Crippen LogP contribution in [0.1, 0.15) is 50.9 Å². The molecule has 0 aromatic heterocycles. The summed E-state index contributed by atoms with van der Waals surface area (Å²) in [6, 6.07) is 2.16. The van der Waals surface area contributed by atoms with E-state index in [2.05, 4.69) is 10.0 Å². The van der Waals surface area contributed by atoms with Gasteiger partial charge in [0.1, 0.15) is 4.90 Å². The molecule has 1 atom stereocenters. The van der Waals surface area contributed by atoms with Crippen molar-refractivity contribution in [1.82, 2.24) is 10.0 Å². The summed E-state index contributed by atoms with van der Waals surface area (Å²) in [5.41, 5.74) is 0.0771. The number of benzene rings is 1. The Bertz CT molecular complexity index is 676. The number of halogens is 2. The average molecular weight is 381 g/mol. The van der Waals surface area contributed by atoms with E-state index >= 15 is 0 Å². The molecule has 8 heteroatoms. The number of hydrogen-bond donors (Lipinski definition) is 2. The highest BCUT2D eigenvalue weighted by Gasteiger charge is 2.24. The van der Waals surface area contributed by atoms with E-state index < -0.39 is 15.9 Å². The number of amides is 1. The second-order valence-corrected chi connectivity index (χ2v) is 8.20. The summed E-state index contributed by atoms with van der Waals surface area (Å²) < 4.78 is 27.5. The van der Waals surface area contributed by atoms with Gasteiger partial charge in [-0.3, -0.25) is 4.79 Å². The van der Waals surface area contributed by atoms with E-state index in [-0.39, 0.29) is 32.6 Å².